The molecule has 0 N–H and O–H groups in total. The van der Waals surface area contributed by atoms with Gasteiger partial charge in [-0.05, 0) is 18.6 Å². The van der Waals surface area contributed by atoms with Crippen molar-refractivity contribution in [2.45, 2.75) is 6.92 Å². The van der Waals surface area contributed by atoms with Crippen LogP contribution in [-0.4, -0.2) is 9.55 Å². The molecule has 0 spiro atoms. The number of ether oxygens (including phenoxy) is 1. The van der Waals surface area contributed by atoms with E-state index in [9.17, 15) is 0 Å². The van der Waals surface area contributed by atoms with Crippen molar-refractivity contribution in [1.29, 1.82) is 0 Å². The van der Waals surface area contributed by atoms with Crippen LogP contribution in [0.5, 0.6) is 11.8 Å². The number of hydrogen-bond donors (Lipinski definition) is 0. The highest BCUT2D eigenvalue weighted by Crippen LogP contribution is 2.22. The van der Waals surface area contributed by atoms with Gasteiger partial charge in [0.2, 0.25) is 0 Å². The Hall–Kier alpha value is -1.77. The summed E-state index contributed by atoms with van der Waals surface area (Å²) >= 11 is 0. The molecule has 0 aliphatic heterocycles. The van der Waals surface area contributed by atoms with E-state index in [0.29, 0.717) is 6.01 Å². The number of hydrogen-bond acceptors (Lipinski definition) is 2. The summed E-state index contributed by atoms with van der Waals surface area (Å²) < 4.78 is 7.47. The van der Waals surface area contributed by atoms with Crippen molar-refractivity contribution in [3.8, 4) is 11.8 Å². The maximum absolute atomic E-state index is 5.63. The van der Waals surface area contributed by atoms with E-state index in [0.717, 1.165) is 11.3 Å². The molecule has 2 rings (SSSR count). The van der Waals surface area contributed by atoms with Gasteiger partial charge in [0.15, 0.2) is 0 Å². The van der Waals surface area contributed by atoms with Crippen LogP contribution in [0.4, 0.5) is 0 Å². The zero-order chi connectivity index (χ0) is 9.97. The van der Waals surface area contributed by atoms with Crippen molar-refractivity contribution in [1.82, 2.24) is 9.55 Å². The van der Waals surface area contributed by atoms with Gasteiger partial charge in [0, 0.05) is 19.4 Å². The van der Waals surface area contributed by atoms with Crippen molar-refractivity contribution in [2.75, 3.05) is 0 Å². The number of para-hydroxylation sites is 1. The first-order chi connectivity index (χ1) is 6.77. The Morgan fingerprint density at radius 1 is 1.29 bits per heavy atom. The molecule has 0 amide bonds. The van der Waals surface area contributed by atoms with E-state index in [2.05, 4.69) is 4.98 Å². The lowest BCUT2D eigenvalue weighted by Gasteiger charge is -2.06. The van der Waals surface area contributed by atoms with Gasteiger partial charge in [0.05, 0.1) is 0 Å². The largest absolute Gasteiger partial charge is 0.425 e. The molecule has 3 heteroatoms. The molecule has 0 atom stereocenters. The van der Waals surface area contributed by atoms with Crippen LogP contribution in [0, 0.1) is 6.92 Å². The van der Waals surface area contributed by atoms with E-state index in [4.69, 9.17) is 4.74 Å². The van der Waals surface area contributed by atoms with Gasteiger partial charge < -0.3 is 9.30 Å². The summed E-state index contributed by atoms with van der Waals surface area (Å²) in [6.07, 6.45) is 3.57. The van der Waals surface area contributed by atoms with Crippen molar-refractivity contribution >= 4 is 0 Å². The Labute approximate surface area is 83.0 Å². The zero-order valence-electron chi connectivity index (χ0n) is 8.27. The summed E-state index contributed by atoms with van der Waals surface area (Å²) in [5.41, 5.74) is 1.11. The van der Waals surface area contributed by atoms with Gasteiger partial charge in [0.25, 0.3) is 0 Å². The molecule has 0 bridgehead atoms. The smallest absolute Gasteiger partial charge is 0.301 e. The second-order valence-corrected chi connectivity index (χ2v) is 3.19. The SMILES string of the molecule is Cc1ccccc1Oc1nccn1C. The van der Waals surface area contributed by atoms with Gasteiger partial charge in [-0.15, -0.1) is 0 Å². The lowest BCUT2D eigenvalue weighted by Crippen LogP contribution is -1.94. The van der Waals surface area contributed by atoms with Gasteiger partial charge >= 0.3 is 6.01 Å². The fourth-order valence-electron chi connectivity index (χ4n) is 1.22. The normalized spacial score (nSPS) is 10.1. The standard InChI is InChI=1S/C11H12N2O/c1-9-5-3-4-6-10(9)14-11-12-7-8-13(11)2/h3-8H,1-2H3. The molecule has 3 nitrogen and oxygen atoms in total. The van der Waals surface area contributed by atoms with E-state index in [1.54, 1.807) is 6.20 Å². The monoisotopic (exact) mass is 188 g/mol. The van der Waals surface area contributed by atoms with Crippen LogP contribution in [0.25, 0.3) is 0 Å². The minimum Gasteiger partial charge on any atom is -0.425 e. The molecular formula is C11H12N2O. The highest BCUT2D eigenvalue weighted by Gasteiger charge is 2.03. The first-order valence-electron chi connectivity index (χ1n) is 4.48. The highest BCUT2D eigenvalue weighted by atomic mass is 16.5. The summed E-state index contributed by atoms with van der Waals surface area (Å²) in [5, 5.41) is 0. The Bertz CT molecular complexity index is 434. The second kappa shape index (κ2) is 3.54. The van der Waals surface area contributed by atoms with Crippen molar-refractivity contribution in [3.05, 3.63) is 42.2 Å². The quantitative estimate of drug-likeness (QED) is 0.724. The van der Waals surface area contributed by atoms with E-state index >= 15 is 0 Å². The number of benzene rings is 1. The van der Waals surface area contributed by atoms with E-state index < -0.39 is 0 Å². The first kappa shape index (κ1) is 8.81. The molecule has 0 unspecified atom stereocenters. The minimum absolute atomic E-state index is 0.610. The molecule has 1 aromatic carbocycles. The maximum atomic E-state index is 5.63. The Morgan fingerprint density at radius 3 is 2.71 bits per heavy atom. The van der Waals surface area contributed by atoms with Crippen LogP contribution < -0.4 is 4.74 Å². The molecule has 2 aromatic rings. The van der Waals surface area contributed by atoms with Gasteiger partial charge in [-0.3, -0.25) is 0 Å². The average Bonchev–Trinajstić information content (AvgIpc) is 2.56. The lowest BCUT2D eigenvalue weighted by molar-refractivity contribution is 0.422. The van der Waals surface area contributed by atoms with Crippen LogP contribution in [0.3, 0.4) is 0 Å². The number of aryl methyl sites for hydroxylation is 2. The summed E-state index contributed by atoms with van der Waals surface area (Å²) in [6.45, 7) is 2.01. The van der Waals surface area contributed by atoms with Crippen molar-refractivity contribution < 1.29 is 4.74 Å². The molecule has 0 saturated heterocycles. The fraction of sp³-hybridized carbons (Fsp3) is 0.182. The molecule has 72 valence electrons. The van der Waals surface area contributed by atoms with Gasteiger partial charge in [-0.25, -0.2) is 4.98 Å². The summed E-state index contributed by atoms with van der Waals surface area (Å²) in [4.78, 5) is 4.09. The summed E-state index contributed by atoms with van der Waals surface area (Å²) in [6, 6.07) is 8.49. The molecule has 1 aromatic heterocycles. The van der Waals surface area contributed by atoms with E-state index in [1.807, 2.05) is 49.0 Å². The fourth-order valence-corrected chi connectivity index (χ4v) is 1.22. The van der Waals surface area contributed by atoms with Crippen LogP contribution >= 0.6 is 0 Å². The molecular weight excluding hydrogens is 176 g/mol. The second-order valence-electron chi connectivity index (χ2n) is 3.19. The number of aromatic nitrogens is 2. The van der Waals surface area contributed by atoms with E-state index in [-0.39, 0.29) is 0 Å². The van der Waals surface area contributed by atoms with Crippen LogP contribution in [0.15, 0.2) is 36.7 Å². The predicted molar refractivity (Wildman–Crippen MR) is 54.5 cm³/mol. The van der Waals surface area contributed by atoms with Gasteiger partial charge in [-0.1, -0.05) is 18.2 Å². The highest BCUT2D eigenvalue weighted by molar-refractivity contribution is 5.33. The number of rotatable bonds is 2. The molecule has 1 heterocycles. The van der Waals surface area contributed by atoms with Gasteiger partial charge in [0.1, 0.15) is 5.75 Å². The Morgan fingerprint density at radius 2 is 2.07 bits per heavy atom. The molecule has 0 fully saturated rings. The lowest BCUT2D eigenvalue weighted by atomic mass is 10.2. The van der Waals surface area contributed by atoms with Crippen molar-refractivity contribution in [2.24, 2.45) is 7.05 Å². The van der Waals surface area contributed by atoms with E-state index in [1.165, 1.54) is 0 Å². The average molecular weight is 188 g/mol. The third-order valence-corrected chi connectivity index (χ3v) is 2.07. The molecule has 0 radical (unpaired) electrons. The van der Waals surface area contributed by atoms with Crippen LogP contribution in [0.1, 0.15) is 5.56 Å². The van der Waals surface area contributed by atoms with Crippen LogP contribution in [-0.2, 0) is 7.05 Å². The molecule has 0 aliphatic carbocycles. The Balaban J connectivity index is 2.28. The Kier molecular flexibility index (Phi) is 2.23. The molecule has 0 saturated carbocycles. The minimum atomic E-state index is 0.610. The van der Waals surface area contributed by atoms with Crippen molar-refractivity contribution in [3.63, 3.8) is 0 Å². The summed E-state index contributed by atoms with van der Waals surface area (Å²) in [7, 11) is 1.90. The molecule has 0 aliphatic rings. The van der Waals surface area contributed by atoms with Crippen LogP contribution in [0.2, 0.25) is 0 Å². The number of nitrogens with zero attached hydrogens (tertiary/aromatic N) is 2. The summed E-state index contributed by atoms with van der Waals surface area (Å²) in [5.74, 6) is 0.849. The third kappa shape index (κ3) is 1.62. The zero-order valence-corrected chi connectivity index (χ0v) is 8.27. The predicted octanol–water partition coefficient (Wildman–Crippen LogP) is 2.52. The third-order valence-electron chi connectivity index (χ3n) is 2.07. The topological polar surface area (TPSA) is 27.1 Å². The first-order valence-corrected chi connectivity index (χ1v) is 4.48. The van der Waals surface area contributed by atoms with Gasteiger partial charge in [-0.2, -0.15) is 0 Å². The number of imidazole rings is 1. The maximum Gasteiger partial charge on any atom is 0.301 e. The molecule has 14 heavy (non-hydrogen) atoms.